The van der Waals surface area contributed by atoms with Gasteiger partial charge in [-0.05, 0) is 36.6 Å². The van der Waals surface area contributed by atoms with E-state index in [9.17, 15) is 4.79 Å². The molecule has 0 radical (unpaired) electrons. The van der Waals surface area contributed by atoms with Crippen molar-refractivity contribution in [3.8, 4) is 5.75 Å². The lowest BCUT2D eigenvalue weighted by Gasteiger charge is -2.26. The Hall–Kier alpha value is -1.51. The maximum atomic E-state index is 10.9. The predicted octanol–water partition coefficient (Wildman–Crippen LogP) is 3.06. The molecule has 0 heterocycles. The molecule has 17 heavy (non-hydrogen) atoms. The number of hydrogen-bond donors (Lipinski definition) is 1. The van der Waals surface area contributed by atoms with Gasteiger partial charge in [0.05, 0.1) is 13.5 Å². The smallest absolute Gasteiger partial charge is 0.304 e. The van der Waals surface area contributed by atoms with Crippen LogP contribution in [-0.4, -0.2) is 18.2 Å². The van der Waals surface area contributed by atoms with Gasteiger partial charge in [0.1, 0.15) is 5.75 Å². The standard InChI is InChI=1S/C14H20O3/c1-9-7-12(17-5)10(2)6-11(9)14(3,4)8-13(15)16/h6-7H,8H2,1-5H3,(H,15,16). The summed E-state index contributed by atoms with van der Waals surface area (Å²) < 4.78 is 5.26. The molecule has 1 rings (SSSR count). The molecular weight excluding hydrogens is 216 g/mol. The fourth-order valence-corrected chi connectivity index (χ4v) is 2.21. The number of ether oxygens (including phenoxy) is 1. The van der Waals surface area contributed by atoms with E-state index in [2.05, 4.69) is 0 Å². The van der Waals surface area contributed by atoms with Crippen LogP contribution in [0.5, 0.6) is 5.75 Å². The highest BCUT2D eigenvalue weighted by atomic mass is 16.5. The molecule has 0 aliphatic carbocycles. The lowest BCUT2D eigenvalue weighted by molar-refractivity contribution is -0.138. The first-order chi connectivity index (χ1) is 7.77. The molecule has 0 fully saturated rings. The number of aryl methyl sites for hydroxylation is 2. The highest BCUT2D eigenvalue weighted by Gasteiger charge is 2.26. The molecule has 0 saturated carbocycles. The van der Waals surface area contributed by atoms with Gasteiger partial charge < -0.3 is 9.84 Å². The van der Waals surface area contributed by atoms with Crippen molar-refractivity contribution in [1.29, 1.82) is 0 Å². The Morgan fingerprint density at radius 1 is 1.29 bits per heavy atom. The number of hydrogen-bond acceptors (Lipinski definition) is 2. The van der Waals surface area contributed by atoms with Crippen molar-refractivity contribution in [1.82, 2.24) is 0 Å². The molecule has 0 saturated heterocycles. The van der Waals surface area contributed by atoms with Gasteiger partial charge in [0.2, 0.25) is 0 Å². The van der Waals surface area contributed by atoms with Crippen LogP contribution in [0.3, 0.4) is 0 Å². The summed E-state index contributed by atoms with van der Waals surface area (Å²) in [6, 6.07) is 3.99. The first-order valence-electron chi connectivity index (χ1n) is 5.65. The van der Waals surface area contributed by atoms with Gasteiger partial charge >= 0.3 is 5.97 Å². The van der Waals surface area contributed by atoms with Crippen LogP contribution in [0.1, 0.15) is 37.0 Å². The molecule has 0 aliphatic rings. The van der Waals surface area contributed by atoms with Crippen LogP contribution in [0.25, 0.3) is 0 Å². The summed E-state index contributed by atoms with van der Waals surface area (Å²) in [5, 5.41) is 8.95. The van der Waals surface area contributed by atoms with Gasteiger partial charge in [-0.2, -0.15) is 0 Å². The Balaban J connectivity index is 3.22. The fourth-order valence-electron chi connectivity index (χ4n) is 2.21. The predicted molar refractivity (Wildman–Crippen MR) is 67.7 cm³/mol. The van der Waals surface area contributed by atoms with E-state index in [1.165, 1.54) is 0 Å². The van der Waals surface area contributed by atoms with Crippen molar-refractivity contribution >= 4 is 5.97 Å². The van der Waals surface area contributed by atoms with Gasteiger partial charge in [0.25, 0.3) is 0 Å². The topological polar surface area (TPSA) is 46.5 Å². The molecule has 0 unspecified atom stereocenters. The van der Waals surface area contributed by atoms with Gasteiger partial charge in [-0.1, -0.05) is 19.9 Å². The van der Waals surface area contributed by atoms with E-state index in [0.29, 0.717) is 0 Å². The molecule has 1 N–H and O–H groups in total. The minimum absolute atomic E-state index is 0.125. The molecule has 1 aromatic carbocycles. The van der Waals surface area contributed by atoms with Crippen LogP contribution in [0.15, 0.2) is 12.1 Å². The van der Waals surface area contributed by atoms with Crippen LogP contribution in [-0.2, 0) is 10.2 Å². The first-order valence-corrected chi connectivity index (χ1v) is 5.65. The molecule has 3 heteroatoms. The highest BCUT2D eigenvalue weighted by molar-refractivity contribution is 5.69. The summed E-state index contributed by atoms with van der Waals surface area (Å²) in [6.45, 7) is 7.87. The van der Waals surface area contributed by atoms with E-state index in [1.54, 1.807) is 7.11 Å². The summed E-state index contributed by atoms with van der Waals surface area (Å²) in [5.41, 5.74) is 2.80. The Morgan fingerprint density at radius 2 is 1.88 bits per heavy atom. The molecule has 3 nitrogen and oxygen atoms in total. The number of carboxylic acids is 1. The highest BCUT2D eigenvalue weighted by Crippen LogP contribution is 2.33. The number of carbonyl (C=O) groups is 1. The van der Waals surface area contributed by atoms with Gasteiger partial charge in [-0.25, -0.2) is 0 Å². The van der Waals surface area contributed by atoms with Crippen LogP contribution in [0, 0.1) is 13.8 Å². The maximum Gasteiger partial charge on any atom is 0.304 e. The van der Waals surface area contributed by atoms with E-state index in [4.69, 9.17) is 9.84 Å². The van der Waals surface area contributed by atoms with Crippen LogP contribution in [0.4, 0.5) is 0 Å². The zero-order chi connectivity index (χ0) is 13.2. The second-order valence-corrected chi connectivity index (χ2v) is 5.09. The lowest BCUT2D eigenvalue weighted by atomic mass is 9.78. The van der Waals surface area contributed by atoms with Crippen molar-refractivity contribution in [2.45, 2.75) is 39.5 Å². The summed E-state index contributed by atoms with van der Waals surface area (Å²) in [7, 11) is 1.64. The van der Waals surface area contributed by atoms with Gasteiger partial charge in [-0.3, -0.25) is 4.79 Å². The SMILES string of the molecule is COc1cc(C)c(C(C)(C)CC(=O)O)cc1C. The van der Waals surface area contributed by atoms with Gasteiger partial charge in [0.15, 0.2) is 0 Å². The number of rotatable bonds is 4. The van der Waals surface area contributed by atoms with Crippen molar-refractivity contribution in [2.75, 3.05) is 7.11 Å². The third-order valence-corrected chi connectivity index (χ3v) is 3.06. The molecule has 1 aromatic rings. The van der Waals surface area contributed by atoms with Crippen molar-refractivity contribution in [2.24, 2.45) is 0 Å². The van der Waals surface area contributed by atoms with E-state index < -0.39 is 5.97 Å². The van der Waals surface area contributed by atoms with E-state index in [0.717, 1.165) is 22.4 Å². The Morgan fingerprint density at radius 3 is 2.35 bits per heavy atom. The van der Waals surface area contributed by atoms with E-state index in [-0.39, 0.29) is 11.8 Å². The van der Waals surface area contributed by atoms with Gasteiger partial charge in [0, 0.05) is 5.41 Å². The Bertz CT molecular complexity index is 433. The summed E-state index contributed by atoms with van der Waals surface area (Å²) in [5.74, 6) is 0.0697. The lowest BCUT2D eigenvalue weighted by Crippen LogP contribution is -2.23. The monoisotopic (exact) mass is 236 g/mol. The molecule has 0 bridgehead atoms. The number of benzene rings is 1. The van der Waals surface area contributed by atoms with Crippen molar-refractivity contribution < 1.29 is 14.6 Å². The second-order valence-electron chi connectivity index (χ2n) is 5.09. The zero-order valence-corrected chi connectivity index (χ0v) is 11.1. The average Bonchev–Trinajstić information content (AvgIpc) is 2.18. The Kier molecular flexibility index (Phi) is 3.81. The zero-order valence-electron chi connectivity index (χ0n) is 11.1. The van der Waals surface area contributed by atoms with Crippen LogP contribution >= 0.6 is 0 Å². The summed E-state index contributed by atoms with van der Waals surface area (Å²) in [6.07, 6.45) is 0.125. The molecular formula is C14H20O3. The fraction of sp³-hybridized carbons (Fsp3) is 0.500. The minimum atomic E-state index is -0.775. The molecule has 0 amide bonds. The number of aliphatic carboxylic acids is 1. The average molecular weight is 236 g/mol. The first kappa shape index (κ1) is 13.6. The largest absolute Gasteiger partial charge is 0.496 e. The van der Waals surface area contributed by atoms with Crippen LogP contribution < -0.4 is 4.74 Å². The van der Waals surface area contributed by atoms with Crippen molar-refractivity contribution in [3.63, 3.8) is 0 Å². The Labute approximate surface area is 102 Å². The summed E-state index contributed by atoms with van der Waals surface area (Å²) >= 11 is 0. The number of carboxylic acid groups (broad SMARTS) is 1. The molecule has 0 aliphatic heterocycles. The number of methoxy groups -OCH3 is 1. The van der Waals surface area contributed by atoms with Crippen molar-refractivity contribution in [3.05, 3.63) is 28.8 Å². The van der Waals surface area contributed by atoms with Gasteiger partial charge in [-0.15, -0.1) is 0 Å². The molecule has 0 aromatic heterocycles. The normalized spacial score (nSPS) is 11.4. The maximum absolute atomic E-state index is 10.9. The minimum Gasteiger partial charge on any atom is -0.496 e. The molecule has 0 spiro atoms. The van der Waals surface area contributed by atoms with Crippen LogP contribution in [0.2, 0.25) is 0 Å². The third kappa shape index (κ3) is 2.99. The van der Waals surface area contributed by atoms with E-state index >= 15 is 0 Å². The van der Waals surface area contributed by atoms with E-state index in [1.807, 2.05) is 39.8 Å². The molecule has 0 atom stereocenters. The quantitative estimate of drug-likeness (QED) is 0.874. The summed E-state index contributed by atoms with van der Waals surface area (Å²) in [4.78, 5) is 10.9. The second kappa shape index (κ2) is 4.78. The third-order valence-electron chi connectivity index (χ3n) is 3.06. The molecule has 94 valence electrons.